The van der Waals surface area contributed by atoms with Gasteiger partial charge in [-0.05, 0) is 24.7 Å². The van der Waals surface area contributed by atoms with Crippen LogP contribution in [-0.4, -0.2) is 33.7 Å². The molecule has 0 aliphatic carbocycles. The third kappa shape index (κ3) is 5.29. The summed E-state index contributed by atoms with van der Waals surface area (Å²) < 4.78 is 6.93. The van der Waals surface area contributed by atoms with Gasteiger partial charge in [-0.3, -0.25) is 18.7 Å². The number of carbonyl (C=O) groups excluding carboxylic acids is 1. The fourth-order valence-corrected chi connectivity index (χ4v) is 3.13. The van der Waals surface area contributed by atoms with E-state index >= 15 is 0 Å². The first-order valence-electron chi connectivity index (χ1n) is 8.62. The number of ketones is 1. The zero-order chi connectivity index (χ0) is 19.4. The molecule has 1 heterocycles. The molecule has 1 aromatic rings. The fourth-order valence-electron chi connectivity index (χ4n) is 3.13. The molecule has 0 unspecified atom stereocenters. The summed E-state index contributed by atoms with van der Waals surface area (Å²) in [6.07, 6.45) is 0.955. The van der Waals surface area contributed by atoms with Gasteiger partial charge in [0.15, 0.2) is 5.78 Å². The molecule has 7 nitrogen and oxygen atoms in total. The highest BCUT2D eigenvalue weighted by molar-refractivity contribution is 5.97. The molecule has 25 heavy (non-hydrogen) atoms. The van der Waals surface area contributed by atoms with Gasteiger partial charge >= 0.3 is 5.69 Å². The minimum Gasteiger partial charge on any atom is -0.494 e. The highest BCUT2D eigenvalue weighted by Gasteiger charge is 2.26. The monoisotopic (exact) mass is 354 g/mol. The number of carbonyl (C=O) groups is 1. The van der Waals surface area contributed by atoms with E-state index in [1.54, 1.807) is 6.92 Å². The maximum atomic E-state index is 12.7. The molecule has 1 aromatic heterocycles. The van der Waals surface area contributed by atoms with E-state index in [2.05, 4.69) is 20.8 Å². The Bertz CT molecular complexity index is 725. The van der Waals surface area contributed by atoms with E-state index < -0.39 is 22.9 Å². The van der Waals surface area contributed by atoms with Crippen LogP contribution in [0.3, 0.4) is 0 Å². The van der Waals surface area contributed by atoms with Crippen LogP contribution in [0.5, 0.6) is 5.88 Å². The second-order valence-electron chi connectivity index (χ2n) is 7.67. The molecule has 0 aromatic carbocycles. The lowest BCUT2D eigenvalue weighted by Crippen LogP contribution is -2.42. The molecule has 0 aliphatic rings. The normalized spacial score (nSPS) is 13.0. The lowest BCUT2D eigenvalue weighted by molar-refractivity contribution is 0.0946. The number of methoxy groups -OCH3 is 1. The quantitative estimate of drug-likeness (QED) is 0.721. The van der Waals surface area contributed by atoms with Crippen LogP contribution in [0.25, 0.3) is 0 Å². The van der Waals surface area contributed by atoms with Gasteiger partial charge in [0.05, 0.1) is 13.2 Å². The molecule has 1 atom stereocenters. The number of nitrogens with zero attached hydrogens (tertiary/aromatic N) is 2. The molecule has 0 bridgehead atoms. The largest absolute Gasteiger partial charge is 0.494 e. The smallest absolute Gasteiger partial charge is 0.333 e. The minimum absolute atomic E-state index is 0.0562. The molecule has 1 N–H and O–H groups in total. The second-order valence-corrected chi connectivity index (χ2v) is 7.67. The van der Waals surface area contributed by atoms with E-state index in [0.717, 1.165) is 15.6 Å². The summed E-state index contributed by atoms with van der Waals surface area (Å²) in [4.78, 5) is 37.5. The molecule has 0 amide bonds. The number of ether oxygens (including phenoxy) is 1. The van der Waals surface area contributed by atoms with Crippen molar-refractivity contribution in [1.29, 1.82) is 0 Å². The molecule has 0 spiro atoms. The van der Waals surface area contributed by atoms with Crippen molar-refractivity contribution in [3.8, 4) is 5.88 Å². The van der Waals surface area contributed by atoms with E-state index in [1.807, 2.05) is 6.92 Å². The summed E-state index contributed by atoms with van der Waals surface area (Å²) in [5, 5.41) is 10.4. The molecule has 0 radical (unpaired) electrons. The Balaban J connectivity index is 3.32. The van der Waals surface area contributed by atoms with Crippen molar-refractivity contribution in [2.75, 3.05) is 13.7 Å². The van der Waals surface area contributed by atoms with Gasteiger partial charge in [0, 0.05) is 20.1 Å². The number of aromatic nitrogens is 2. The van der Waals surface area contributed by atoms with Gasteiger partial charge < -0.3 is 9.84 Å². The van der Waals surface area contributed by atoms with Crippen molar-refractivity contribution in [3.05, 3.63) is 26.4 Å². The number of hydrogen-bond acceptors (Lipinski definition) is 5. The van der Waals surface area contributed by atoms with E-state index in [9.17, 15) is 19.5 Å². The summed E-state index contributed by atoms with van der Waals surface area (Å²) in [6, 6.07) is 0. The Kier molecular flexibility index (Phi) is 7.17. The van der Waals surface area contributed by atoms with E-state index in [1.165, 1.54) is 7.11 Å². The van der Waals surface area contributed by atoms with Crippen molar-refractivity contribution >= 4 is 5.78 Å². The van der Waals surface area contributed by atoms with Crippen LogP contribution >= 0.6 is 0 Å². The van der Waals surface area contributed by atoms with Crippen LogP contribution in [0.1, 0.15) is 57.8 Å². The molecule has 7 heteroatoms. The number of hydrogen-bond donors (Lipinski definition) is 1. The Morgan fingerprint density at radius 1 is 1.24 bits per heavy atom. The molecule has 0 aliphatic heterocycles. The van der Waals surface area contributed by atoms with Crippen LogP contribution < -0.4 is 11.2 Å². The van der Waals surface area contributed by atoms with Crippen molar-refractivity contribution in [2.45, 2.75) is 60.5 Å². The van der Waals surface area contributed by atoms with Crippen molar-refractivity contribution in [2.24, 2.45) is 11.3 Å². The zero-order valence-electron chi connectivity index (χ0n) is 16.1. The summed E-state index contributed by atoms with van der Waals surface area (Å²) in [5.41, 5.74) is -1.62. The predicted molar refractivity (Wildman–Crippen MR) is 96.4 cm³/mol. The topological polar surface area (TPSA) is 90.5 Å². The summed E-state index contributed by atoms with van der Waals surface area (Å²) in [6.45, 7) is 10.2. The lowest BCUT2D eigenvalue weighted by atomic mass is 9.83. The lowest BCUT2D eigenvalue weighted by Gasteiger charge is -2.23. The first-order valence-corrected chi connectivity index (χ1v) is 8.62. The summed E-state index contributed by atoms with van der Waals surface area (Å²) in [5.74, 6) is -0.946. The summed E-state index contributed by atoms with van der Waals surface area (Å²) in [7, 11) is 1.47. The van der Waals surface area contributed by atoms with Crippen LogP contribution in [-0.2, 0) is 17.8 Å². The maximum absolute atomic E-state index is 12.7. The fraction of sp³-hybridized carbons (Fsp3) is 0.722. The van der Waals surface area contributed by atoms with Gasteiger partial charge in [-0.25, -0.2) is 4.79 Å². The van der Waals surface area contributed by atoms with Gasteiger partial charge in [-0.2, -0.15) is 0 Å². The average molecular weight is 354 g/mol. The zero-order valence-corrected chi connectivity index (χ0v) is 16.1. The first-order chi connectivity index (χ1) is 11.5. The highest BCUT2D eigenvalue weighted by Crippen LogP contribution is 2.27. The third-order valence-electron chi connectivity index (χ3n) is 4.01. The van der Waals surface area contributed by atoms with E-state index in [0.29, 0.717) is 0 Å². The Hall–Kier alpha value is -1.89. The standard InChI is InChI=1S/C18H30N2O5/c1-7-19-15(22)14(13(21)10-12(2)11-18(3,4)5)16(23)20(17(19)24)8-9-25-6/h12,23H,7-11H2,1-6H3/t12-/m1/s1. The molecule has 142 valence electrons. The van der Waals surface area contributed by atoms with E-state index in [-0.39, 0.29) is 43.0 Å². The van der Waals surface area contributed by atoms with Crippen molar-refractivity contribution in [3.63, 3.8) is 0 Å². The molecular weight excluding hydrogens is 324 g/mol. The van der Waals surface area contributed by atoms with Gasteiger partial charge in [0.2, 0.25) is 5.88 Å². The van der Waals surface area contributed by atoms with Crippen LogP contribution in [0.4, 0.5) is 0 Å². The van der Waals surface area contributed by atoms with E-state index in [4.69, 9.17) is 4.74 Å². The summed E-state index contributed by atoms with van der Waals surface area (Å²) >= 11 is 0. The maximum Gasteiger partial charge on any atom is 0.333 e. The van der Waals surface area contributed by atoms with Gasteiger partial charge in [0.1, 0.15) is 5.56 Å². The third-order valence-corrected chi connectivity index (χ3v) is 4.01. The molecule has 1 rings (SSSR count). The highest BCUT2D eigenvalue weighted by atomic mass is 16.5. The van der Waals surface area contributed by atoms with Gasteiger partial charge in [0.25, 0.3) is 5.56 Å². The average Bonchev–Trinajstić information content (AvgIpc) is 2.45. The SMILES string of the molecule is CCn1c(=O)c(C(=O)C[C@@H](C)CC(C)(C)C)c(O)n(CCOC)c1=O. The molecule has 0 saturated heterocycles. The molecule has 0 fully saturated rings. The Labute approximate surface area is 148 Å². The Morgan fingerprint density at radius 3 is 2.32 bits per heavy atom. The predicted octanol–water partition coefficient (Wildman–Crippen LogP) is 2.03. The van der Waals surface area contributed by atoms with Crippen LogP contribution in [0.2, 0.25) is 0 Å². The first kappa shape index (κ1) is 21.2. The van der Waals surface area contributed by atoms with Gasteiger partial charge in [-0.15, -0.1) is 0 Å². The van der Waals surface area contributed by atoms with Crippen molar-refractivity contribution < 1.29 is 14.6 Å². The molecule has 0 saturated carbocycles. The number of aromatic hydroxyl groups is 1. The molecular formula is C18H30N2O5. The van der Waals surface area contributed by atoms with Crippen LogP contribution in [0.15, 0.2) is 9.59 Å². The number of rotatable bonds is 8. The van der Waals surface area contributed by atoms with Crippen LogP contribution in [0, 0.1) is 11.3 Å². The minimum atomic E-state index is -0.730. The second kappa shape index (κ2) is 8.47. The van der Waals surface area contributed by atoms with Gasteiger partial charge in [-0.1, -0.05) is 27.7 Å². The number of Topliss-reactive ketones (excluding diaryl/α,β-unsaturated/α-hetero) is 1. The Morgan fingerprint density at radius 2 is 1.84 bits per heavy atom. The van der Waals surface area contributed by atoms with Crippen molar-refractivity contribution in [1.82, 2.24) is 9.13 Å².